The molecule has 0 aliphatic carbocycles. The molecule has 1 heterocycles. The molecule has 3 nitrogen and oxygen atoms in total. The van der Waals surface area contributed by atoms with Crippen LogP contribution in [0.15, 0.2) is 30.6 Å². The molecule has 90 valence electrons. The Morgan fingerprint density at radius 3 is 2.76 bits per heavy atom. The van der Waals surface area contributed by atoms with Crippen LogP contribution >= 0.6 is 0 Å². The Labute approximate surface area is 98.1 Å². The summed E-state index contributed by atoms with van der Waals surface area (Å²) in [5.74, 6) is -0.730. The summed E-state index contributed by atoms with van der Waals surface area (Å²) in [6.45, 7) is 0.621. The van der Waals surface area contributed by atoms with E-state index < -0.39 is 11.6 Å². The molecule has 2 aromatic rings. The zero-order valence-corrected chi connectivity index (χ0v) is 9.45. The number of rotatable bonds is 4. The van der Waals surface area contributed by atoms with Crippen molar-refractivity contribution in [2.75, 3.05) is 11.9 Å². The van der Waals surface area contributed by atoms with Crippen LogP contribution in [-0.4, -0.2) is 16.1 Å². The average Bonchev–Trinajstić information content (AvgIpc) is 2.70. The van der Waals surface area contributed by atoms with Crippen molar-refractivity contribution in [2.45, 2.75) is 6.42 Å². The molecule has 0 spiro atoms. The highest BCUT2D eigenvalue weighted by Crippen LogP contribution is 2.12. The van der Waals surface area contributed by atoms with E-state index in [4.69, 9.17) is 0 Å². The van der Waals surface area contributed by atoms with Gasteiger partial charge in [-0.05, 0) is 18.2 Å². The number of benzene rings is 1. The van der Waals surface area contributed by atoms with Crippen LogP contribution < -0.4 is 5.32 Å². The van der Waals surface area contributed by atoms with Crippen LogP contribution in [-0.2, 0) is 13.5 Å². The van der Waals surface area contributed by atoms with Crippen LogP contribution in [0, 0.1) is 11.6 Å². The smallest absolute Gasteiger partial charge is 0.160 e. The third-order valence-corrected chi connectivity index (χ3v) is 2.52. The molecule has 1 aromatic carbocycles. The minimum Gasteiger partial charge on any atom is -0.385 e. The quantitative estimate of drug-likeness (QED) is 0.884. The highest BCUT2D eigenvalue weighted by atomic mass is 19.2. The second-order valence-corrected chi connectivity index (χ2v) is 3.76. The van der Waals surface area contributed by atoms with Crippen molar-refractivity contribution in [3.05, 3.63) is 48.1 Å². The summed E-state index contributed by atoms with van der Waals surface area (Å²) in [5.41, 5.74) is 0.568. The van der Waals surface area contributed by atoms with Crippen molar-refractivity contribution < 1.29 is 8.78 Å². The SMILES string of the molecule is Cn1ccnc1CCNc1ccc(F)c(F)c1. The van der Waals surface area contributed by atoms with Gasteiger partial charge in [-0.1, -0.05) is 0 Å². The van der Waals surface area contributed by atoms with E-state index >= 15 is 0 Å². The number of hydrogen-bond acceptors (Lipinski definition) is 2. The predicted molar refractivity (Wildman–Crippen MR) is 61.8 cm³/mol. The van der Waals surface area contributed by atoms with E-state index in [1.54, 1.807) is 6.20 Å². The minimum atomic E-state index is -0.841. The molecule has 0 saturated heterocycles. The fourth-order valence-corrected chi connectivity index (χ4v) is 1.56. The van der Waals surface area contributed by atoms with Gasteiger partial charge < -0.3 is 9.88 Å². The molecule has 17 heavy (non-hydrogen) atoms. The molecule has 0 aliphatic heterocycles. The number of nitrogens with one attached hydrogen (secondary N) is 1. The molecule has 0 radical (unpaired) electrons. The molecule has 0 amide bonds. The lowest BCUT2D eigenvalue weighted by atomic mass is 10.3. The van der Waals surface area contributed by atoms with Crippen molar-refractivity contribution in [2.24, 2.45) is 7.05 Å². The second kappa shape index (κ2) is 4.95. The maximum atomic E-state index is 12.9. The molecule has 5 heteroatoms. The first-order chi connectivity index (χ1) is 8.16. The average molecular weight is 237 g/mol. The second-order valence-electron chi connectivity index (χ2n) is 3.76. The van der Waals surface area contributed by atoms with E-state index in [0.29, 0.717) is 12.2 Å². The van der Waals surface area contributed by atoms with Gasteiger partial charge in [-0.15, -0.1) is 0 Å². The minimum absolute atomic E-state index is 0.568. The Kier molecular flexibility index (Phi) is 3.37. The summed E-state index contributed by atoms with van der Waals surface area (Å²) in [4.78, 5) is 4.17. The number of hydrogen-bond donors (Lipinski definition) is 1. The third-order valence-electron chi connectivity index (χ3n) is 2.52. The number of aromatic nitrogens is 2. The first-order valence-corrected chi connectivity index (χ1v) is 5.32. The van der Waals surface area contributed by atoms with Gasteiger partial charge in [0.25, 0.3) is 0 Å². The fourth-order valence-electron chi connectivity index (χ4n) is 1.56. The zero-order valence-electron chi connectivity index (χ0n) is 9.45. The molecule has 0 bridgehead atoms. The predicted octanol–water partition coefficient (Wildman–Crippen LogP) is 2.35. The zero-order chi connectivity index (χ0) is 12.3. The van der Waals surface area contributed by atoms with Crippen molar-refractivity contribution in [3.8, 4) is 0 Å². The largest absolute Gasteiger partial charge is 0.385 e. The van der Waals surface area contributed by atoms with Gasteiger partial charge in [0, 0.05) is 38.1 Å². The maximum absolute atomic E-state index is 12.9. The Balaban J connectivity index is 1.90. The summed E-state index contributed by atoms with van der Waals surface area (Å²) >= 11 is 0. The normalized spacial score (nSPS) is 10.5. The topological polar surface area (TPSA) is 29.9 Å². The van der Waals surface area contributed by atoms with E-state index in [9.17, 15) is 8.78 Å². The molecule has 0 aliphatic rings. The molecular formula is C12H13F2N3. The number of imidazole rings is 1. The molecule has 0 saturated carbocycles. The Morgan fingerprint density at radius 1 is 1.29 bits per heavy atom. The lowest BCUT2D eigenvalue weighted by Gasteiger charge is -2.06. The summed E-state index contributed by atoms with van der Waals surface area (Å²) in [6, 6.07) is 3.77. The van der Waals surface area contributed by atoms with Crippen LogP contribution in [0.5, 0.6) is 0 Å². The lowest BCUT2D eigenvalue weighted by Crippen LogP contribution is -2.08. The molecule has 1 N–H and O–H groups in total. The van der Waals surface area contributed by atoms with Crippen molar-refractivity contribution in [1.82, 2.24) is 9.55 Å². The Morgan fingerprint density at radius 2 is 2.12 bits per heavy atom. The molecule has 0 unspecified atom stereocenters. The first kappa shape index (κ1) is 11.6. The summed E-state index contributed by atoms with van der Waals surface area (Å²) in [5, 5.41) is 3.02. The number of nitrogens with zero attached hydrogens (tertiary/aromatic N) is 2. The fraction of sp³-hybridized carbons (Fsp3) is 0.250. The Bertz CT molecular complexity index is 508. The first-order valence-electron chi connectivity index (χ1n) is 5.32. The van der Waals surface area contributed by atoms with Crippen LogP contribution in [0.3, 0.4) is 0 Å². The van der Waals surface area contributed by atoms with Crippen LogP contribution in [0.2, 0.25) is 0 Å². The van der Waals surface area contributed by atoms with Crippen molar-refractivity contribution in [1.29, 1.82) is 0 Å². The van der Waals surface area contributed by atoms with Gasteiger partial charge in [-0.25, -0.2) is 13.8 Å². The molecule has 2 rings (SSSR count). The number of halogens is 2. The molecular weight excluding hydrogens is 224 g/mol. The molecule has 1 aromatic heterocycles. The van der Waals surface area contributed by atoms with Crippen LogP contribution in [0.25, 0.3) is 0 Å². The van der Waals surface area contributed by atoms with E-state index in [1.165, 1.54) is 6.07 Å². The lowest BCUT2D eigenvalue weighted by molar-refractivity contribution is 0.509. The summed E-state index contributed by atoms with van der Waals surface area (Å²) in [6.07, 6.45) is 4.32. The van der Waals surface area contributed by atoms with Crippen molar-refractivity contribution >= 4 is 5.69 Å². The molecule has 0 fully saturated rings. The highest BCUT2D eigenvalue weighted by Gasteiger charge is 2.03. The van der Waals surface area contributed by atoms with E-state index in [0.717, 1.165) is 24.4 Å². The van der Waals surface area contributed by atoms with E-state index in [1.807, 2.05) is 17.8 Å². The van der Waals surface area contributed by atoms with Gasteiger partial charge >= 0.3 is 0 Å². The van der Waals surface area contributed by atoms with Gasteiger partial charge in [0.2, 0.25) is 0 Å². The van der Waals surface area contributed by atoms with Crippen molar-refractivity contribution in [3.63, 3.8) is 0 Å². The van der Waals surface area contributed by atoms with Gasteiger partial charge in [0.1, 0.15) is 5.82 Å². The van der Waals surface area contributed by atoms with Crippen LogP contribution in [0.4, 0.5) is 14.5 Å². The third kappa shape index (κ3) is 2.81. The monoisotopic (exact) mass is 237 g/mol. The number of anilines is 1. The van der Waals surface area contributed by atoms with E-state index in [2.05, 4.69) is 10.3 Å². The van der Waals surface area contributed by atoms with Crippen LogP contribution in [0.1, 0.15) is 5.82 Å². The Hall–Kier alpha value is -1.91. The van der Waals surface area contributed by atoms with Gasteiger partial charge in [-0.2, -0.15) is 0 Å². The molecule has 0 atom stereocenters. The summed E-state index contributed by atoms with van der Waals surface area (Å²) in [7, 11) is 1.92. The van der Waals surface area contributed by atoms with Gasteiger partial charge in [0.15, 0.2) is 11.6 Å². The standard InChI is InChI=1S/C12H13F2N3/c1-17-7-6-16-12(17)4-5-15-9-2-3-10(13)11(14)8-9/h2-3,6-8,15H,4-5H2,1H3. The van der Waals surface area contributed by atoms with Gasteiger partial charge in [0.05, 0.1) is 0 Å². The number of aryl methyl sites for hydroxylation is 1. The summed E-state index contributed by atoms with van der Waals surface area (Å²) < 4.78 is 27.5. The highest BCUT2D eigenvalue weighted by molar-refractivity contribution is 5.43. The van der Waals surface area contributed by atoms with E-state index in [-0.39, 0.29) is 0 Å². The van der Waals surface area contributed by atoms with Gasteiger partial charge in [-0.3, -0.25) is 0 Å². The maximum Gasteiger partial charge on any atom is 0.160 e.